The van der Waals surface area contributed by atoms with Crippen molar-refractivity contribution >= 4 is 0 Å². The second-order valence-electron chi connectivity index (χ2n) is 5.48. The van der Waals surface area contributed by atoms with E-state index in [1.165, 1.54) is 6.42 Å². The largest absolute Gasteiger partial charge is 0.393 e. The first kappa shape index (κ1) is 9.47. The van der Waals surface area contributed by atoms with Crippen LogP contribution >= 0.6 is 0 Å². The van der Waals surface area contributed by atoms with Gasteiger partial charge in [0.05, 0.1) is 12.2 Å². The predicted molar refractivity (Wildman–Crippen MR) is 51.2 cm³/mol. The summed E-state index contributed by atoms with van der Waals surface area (Å²) in [6.45, 7) is 6.35. The van der Waals surface area contributed by atoms with Crippen LogP contribution in [-0.4, -0.2) is 22.4 Å². The molecule has 0 aromatic heterocycles. The lowest BCUT2D eigenvalue weighted by Crippen LogP contribution is -2.59. The molecule has 0 aromatic rings. The molecule has 0 aromatic carbocycles. The number of rotatable bonds is 1. The highest BCUT2D eigenvalue weighted by Crippen LogP contribution is 2.61. The van der Waals surface area contributed by atoms with Gasteiger partial charge in [-0.1, -0.05) is 13.8 Å². The Kier molecular flexibility index (Phi) is 1.97. The lowest BCUT2D eigenvalue weighted by atomic mass is 9.44. The Bertz CT molecular complexity index is 210. The Balaban J connectivity index is 2.18. The standard InChI is InChI=1S/C11H20O2/c1-6(12)10-8-4-7(5-9(10)13)11(8,2)3/h6-10,12-13H,4-5H2,1-3H3/t6-,7+,8-,9-,10-/m0/s1. The SMILES string of the molecule is C[C@H](O)[C@@H]1[C@@H](O)C[C@H]2C[C@@H]1C2(C)C. The van der Waals surface area contributed by atoms with Gasteiger partial charge in [0.2, 0.25) is 0 Å². The van der Waals surface area contributed by atoms with Gasteiger partial charge in [0.1, 0.15) is 0 Å². The van der Waals surface area contributed by atoms with Crippen molar-refractivity contribution in [3.8, 4) is 0 Å². The van der Waals surface area contributed by atoms with Crippen LogP contribution in [0.25, 0.3) is 0 Å². The van der Waals surface area contributed by atoms with Gasteiger partial charge >= 0.3 is 0 Å². The molecular weight excluding hydrogens is 164 g/mol. The molecule has 0 radical (unpaired) electrons. The van der Waals surface area contributed by atoms with E-state index in [1.807, 2.05) is 6.92 Å². The van der Waals surface area contributed by atoms with Crippen LogP contribution in [-0.2, 0) is 0 Å². The zero-order valence-corrected chi connectivity index (χ0v) is 8.70. The summed E-state index contributed by atoms with van der Waals surface area (Å²) in [5.41, 5.74) is 0.348. The smallest absolute Gasteiger partial charge is 0.0598 e. The Morgan fingerprint density at radius 2 is 1.92 bits per heavy atom. The minimum absolute atomic E-state index is 0.111. The highest BCUT2D eigenvalue weighted by atomic mass is 16.3. The molecule has 2 bridgehead atoms. The van der Waals surface area contributed by atoms with E-state index in [4.69, 9.17) is 0 Å². The van der Waals surface area contributed by atoms with Crippen LogP contribution < -0.4 is 0 Å². The van der Waals surface area contributed by atoms with Gasteiger partial charge in [-0.05, 0) is 37.0 Å². The molecule has 0 saturated heterocycles. The van der Waals surface area contributed by atoms with Crippen molar-refractivity contribution < 1.29 is 10.2 Å². The molecule has 0 aliphatic heterocycles. The molecule has 2 heteroatoms. The molecule has 0 amide bonds. The van der Waals surface area contributed by atoms with Crippen LogP contribution in [0.5, 0.6) is 0 Å². The molecule has 3 saturated carbocycles. The summed E-state index contributed by atoms with van der Waals surface area (Å²) in [6, 6.07) is 0. The van der Waals surface area contributed by atoms with Gasteiger partial charge in [-0.25, -0.2) is 0 Å². The molecule has 3 rings (SSSR count). The van der Waals surface area contributed by atoms with Crippen LogP contribution in [0.15, 0.2) is 0 Å². The van der Waals surface area contributed by atoms with Crippen molar-refractivity contribution in [3.05, 3.63) is 0 Å². The van der Waals surface area contributed by atoms with Gasteiger partial charge in [0, 0.05) is 5.92 Å². The lowest BCUT2D eigenvalue weighted by molar-refractivity contribution is -0.186. The van der Waals surface area contributed by atoms with Gasteiger partial charge in [-0.15, -0.1) is 0 Å². The van der Waals surface area contributed by atoms with Crippen molar-refractivity contribution in [2.45, 2.75) is 45.8 Å². The number of fused-ring (bicyclic) bond motifs is 2. The van der Waals surface area contributed by atoms with E-state index in [2.05, 4.69) is 13.8 Å². The monoisotopic (exact) mass is 184 g/mol. The molecule has 2 nitrogen and oxygen atoms in total. The molecule has 76 valence electrons. The molecule has 0 spiro atoms. The second-order valence-corrected chi connectivity index (χ2v) is 5.48. The van der Waals surface area contributed by atoms with Crippen LogP contribution in [0.1, 0.15) is 33.6 Å². The maximum atomic E-state index is 9.81. The topological polar surface area (TPSA) is 40.5 Å². The maximum absolute atomic E-state index is 9.81. The predicted octanol–water partition coefficient (Wildman–Crippen LogP) is 1.41. The van der Waals surface area contributed by atoms with Crippen molar-refractivity contribution in [1.29, 1.82) is 0 Å². The fraction of sp³-hybridized carbons (Fsp3) is 1.00. The molecule has 3 aliphatic rings. The minimum Gasteiger partial charge on any atom is -0.393 e. The van der Waals surface area contributed by atoms with E-state index in [0.29, 0.717) is 17.3 Å². The lowest BCUT2D eigenvalue weighted by Gasteiger charge is -2.62. The van der Waals surface area contributed by atoms with Crippen molar-refractivity contribution in [1.82, 2.24) is 0 Å². The van der Waals surface area contributed by atoms with Gasteiger partial charge in [-0.2, -0.15) is 0 Å². The van der Waals surface area contributed by atoms with Crippen LogP contribution in [0.3, 0.4) is 0 Å². The van der Waals surface area contributed by atoms with E-state index in [-0.39, 0.29) is 18.1 Å². The van der Waals surface area contributed by atoms with Gasteiger partial charge < -0.3 is 10.2 Å². The van der Waals surface area contributed by atoms with E-state index in [9.17, 15) is 10.2 Å². The first-order chi connectivity index (χ1) is 5.94. The van der Waals surface area contributed by atoms with Gasteiger partial charge in [0.25, 0.3) is 0 Å². The average molecular weight is 184 g/mol. The van der Waals surface area contributed by atoms with Crippen LogP contribution in [0.2, 0.25) is 0 Å². The Morgan fingerprint density at radius 1 is 1.31 bits per heavy atom. The van der Waals surface area contributed by atoms with Crippen LogP contribution in [0, 0.1) is 23.2 Å². The van der Waals surface area contributed by atoms with E-state index in [1.54, 1.807) is 0 Å². The van der Waals surface area contributed by atoms with Crippen molar-refractivity contribution in [2.24, 2.45) is 23.2 Å². The van der Waals surface area contributed by atoms with E-state index >= 15 is 0 Å². The Morgan fingerprint density at radius 3 is 2.31 bits per heavy atom. The number of hydrogen-bond donors (Lipinski definition) is 2. The molecule has 3 fully saturated rings. The minimum atomic E-state index is -0.361. The number of aliphatic hydroxyl groups is 2. The normalized spacial score (nSPS) is 49.6. The first-order valence-electron chi connectivity index (χ1n) is 5.30. The summed E-state index contributed by atoms with van der Waals surface area (Å²) in [7, 11) is 0. The summed E-state index contributed by atoms with van der Waals surface area (Å²) in [4.78, 5) is 0. The number of hydrogen-bond acceptors (Lipinski definition) is 2. The summed E-state index contributed by atoms with van der Waals surface area (Å²) < 4.78 is 0. The van der Waals surface area contributed by atoms with E-state index < -0.39 is 0 Å². The molecule has 3 aliphatic carbocycles. The third-order valence-corrected chi connectivity index (χ3v) is 4.54. The zero-order chi connectivity index (χ0) is 9.80. The molecule has 13 heavy (non-hydrogen) atoms. The Hall–Kier alpha value is -0.0800. The van der Waals surface area contributed by atoms with Crippen molar-refractivity contribution in [2.75, 3.05) is 0 Å². The number of aliphatic hydroxyl groups excluding tert-OH is 2. The third-order valence-electron chi connectivity index (χ3n) is 4.54. The van der Waals surface area contributed by atoms with E-state index in [0.717, 1.165) is 6.42 Å². The molecule has 2 N–H and O–H groups in total. The zero-order valence-electron chi connectivity index (χ0n) is 8.70. The highest BCUT2D eigenvalue weighted by Gasteiger charge is 2.58. The fourth-order valence-corrected chi connectivity index (χ4v) is 3.48. The van der Waals surface area contributed by atoms with Crippen molar-refractivity contribution in [3.63, 3.8) is 0 Å². The summed E-state index contributed by atoms with van der Waals surface area (Å²) in [6.07, 6.45) is 1.47. The van der Waals surface area contributed by atoms with Gasteiger partial charge in [-0.3, -0.25) is 0 Å². The van der Waals surface area contributed by atoms with Gasteiger partial charge in [0.15, 0.2) is 0 Å². The quantitative estimate of drug-likeness (QED) is 0.647. The Labute approximate surface area is 80.0 Å². The summed E-state index contributed by atoms with van der Waals surface area (Å²) in [5.74, 6) is 1.32. The summed E-state index contributed by atoms with van der Waals surface area (Å²) >= 11 is 0. The summed E-state index contributed by atoms with van der Waals surface area (Å²) in [5, 5.41) is 19.4. The molecule has 5 atom stereocenters. The molecule has 0 unspecified atom stereocenters. The molecular formula is C11H20O2. The fourth-order valence-electron chi connectivity index (χ4n) is 3.48. The molecule has 0 heterocycles. The average Bonchev–Trinajstić information content (AvgIpc) is 2.03. The van der Waals surface area contributed by atoms with Crippen LogP contribution in [0.4, 0.5) is 0 Å². The first-order valence-corrected chi connectivity index (χ1v) is 5.30. The second kappa shape index (κ2) is 2.71. The highest BCUT2D eigenvalue weighted by molar-refractivity contribution is 5.07. The maximum Gasteiger partial charge on any atom is 0.0598 e. The third kappa shape index (κ3) is 1.15.